The zero-order valence-corrected chi connectivity index (χ0v) is 9.99. The minimum atomic E-state index is -0.302. The van der Waals surface area contributed by atoms with Crippen molar-refractivity contribution in [3.8, 4) is 0 Å². The minimum absolute atomic E-state index is 0.302. The van der Waals surface area contributed by atoms with Crippen molar-refractivity contribution in [3.05, 3.63) is 18.1 Å². The van der Waals surface area contributed by atoms with Crippen LogP contribution in [0.25, 0.3) is 0 Å². The van der Waals surface area contributed by atoms with Gasteiger partial charge in [0.15, 0.2) is 5.82 Å². The topological polar surface area (TPSA) is 47.0 Å². The molecule has 4 nitrogen and oxygen atoms in total. The summed E-state index contributed by atoms with van der Waals surface area (Å²) in [5, 5.41) is 3.20. The Morgan fingerprint density at radius 3 is 3.06 bits per heavy atom. The Hall–Kier alpha value is -1.16. The molecule has 0 spiro atoms. The third kappa shape index (κ3) is 2.32. The van der Waals surface area contributed by atoms with Gasteiger partial charge >= 0.3 is 0 Å². The van der Waals surface area contributed by atoms with Gasteiger partial charge in [-0.2, -0.15) is 0 Å². The number of ether oxygens (including phenoxy) is 1. The molecule has 16 heavy (non-hydrogen) atoms. The van der Waals surface area contributed by atoms with Crippen LogP contribution in [-0.2, 0) is 10.3 Å². The molecule has 1 saturated heterocycles. The standard InChI is InChI=1S/C12H19N3O/c1-3-13-10-6-8-14-11(15-10)12(2)7-4-5-9-16-12/h6,8H,3-5,7,9H2,1-2H3,(H,13,14,15). The highest BCUT2D eigenvalue weighted by atomic mass is 16.5. The molecule has 1 aromatic rings. The number of nitrogens with zero attached hydrogens (tertiary/aromatic N) is 2. The fourth-order valence-corrected chi connectivity index (χ4v) is 2.00. The van der Waals surface area contributed by atoms with E-state index in [2.05, 4.69) is 29.1 Å². The summed E-state index contributed by atoms with van der Waals surface area (Å²) in [7, 11) is 0. The SMILES string of the molecule is CCNc1ccnc(C2(C)CCCCO2)n1. The molecule has 1 N–H and O–H groups in total. The van der Waals surface area contributed by atoms with Crippen molar-refractivity contribution in [3.63, 3.8) is 0 Å². The van der Waals surface area contributed by atoms with E-state index in [1.807, 2.05) is 6.07 Å². The maximum absolute atomic E-state index is 5.83. The Morgan fingerprint density at radius 1 is 1.50 bits per heavy atom. The molecule has 1 aliphatic heterocycles. The predicted molar refractivity (Wildman–Crippen MR) is 63.4 cm³/mol. The van der Waals surface area contributed by atoms with Crippen LogP contribution in [-0.4, -0.2) is 23.1 Å². The highest BCUT2D eigenvalue weighted by Crippen LogP contribution is 2.32. The second kappa shape index (κ2) is 4.78. The highest BCUT2D eigenvalue weighted by molar-refractivity contribution is 5.33. The zero-order valence-electron chi connectivity index (χ0n) is 9.99. The fourth-order valence-electron chi connectivity index (χ4n) is 2.00. The first-order chi connectivity index (χ1) is 7.74. The van der Waals surface area contributed by atoms with Gasteiger partial charge in [0, 0.05) is 19.3 Å². The second-order valence-electron chi connectivity index (χ2n) is 4.33. The van der Waals surface area contributed by atoms with Crippen LogP contribution < -0.4 is 5.32 Å². The van der Waals surface area contributed by atoms with Crippen LogP contribution >= 0.6 is 0 Å². The quantitative estimate of drug-likeness (QED) is 0.851. The van der Waals surface area contributed by atoms with Crippen molar-refractivity contribution in [2.45, 2.75) is 38.7 Å². The summed E-state index contributed by atoms with van der Waals surface area (Å²) >= 11 is 0. The van der Waals surface area contributed by atoms with Gasteiger partial charge in [-0.1, -0.05) is 0 Å². The normalized spacial score (nSPS) is 25.4. The first kappa shape index (κ1) is 11.3. The lowest BCUT2D eigenvalue weighted by molar-refractivity contribution is -0.0759. The third-order valence-electron chi connectivity index (χ3n) is 2.96. The molecule has 0 amide bonds. The molecule has 2 rings (SSSR count). The molecule has 2 heterocycles. The molecule has 0 aliphatic carbocycles. The van der Waals surface area contributed by atoms with E-state index in [1.165, 1.54) is 6.42 Å². The van der Waals surface area contributed by atoms with Gasteiger partial charge in [0.05, 0.1) is 0 Å². The first-order valence-electron chi connectivity index (χ1n) is 5.96. The Bertz CT molecular complexity index is 348. The summed E-state index contributed by atoms with van der Waals surface area (Å²) in [6.45, 7) is 5.82. The Balaban J connectivity index is 2.21. The van der Waals surface area contributed by atoms with Gasteiger partial charge in [-0.05, 0) is 39.2 Å². The van der Waals surface area contributed by atoms with Crippen molar-refractivity contribution in [2.24, 2.45) is 0 Å². The van der Waals surface area contributed by atoms with E-state index in [9.17, 15) is 0 Å². The summed E-state index contributed by atoms with van der Waals surface area (Å²) in [4.78, 5) is 8.85. The summed E-state index contributed by atoms with van der Waals surface area (Å²) < 4.78 is 5.83. The number of rotatable bonds is 3. The van der Waals surface area contributed by atoms with Crippen molar-refractivity contribution in [1.29, 1.82) is 0 Å². The smallest absolute Gasteiger partial charge is 0.162 e. The number of nitrogens with one attached hydrogen (secondary N) is 1. The fraction of sp³-hybridized carbons (Fsp3) is 0.667. The molecule has 1 aromatic heterocycles. The van der Waals surface area contributed by atoms with Crippen LogP contribution in [0.15, 0.2) is 12.3 Å². The van der Waals surface area contributed by atoms with Gasteiger partial charge in [0.1, 0.15) is 11.4 Å². The van der Waals surface area contributed by atoms with E-state index in [4.69, 9.17) is 4.74 Å². The first-order valence-corrected chi connectivity index (χ1v) is 5.96. The van der Waals surface area contributed by atoms with E-state index in [1.54, 1.807) is 6.20 Å². The lowest BCUT2D eigenvalue weighted by atomic mass is 9.95. The monoisotopic (exact) mass is 221 g/mol. The van der Waals surface area contributed by atoms with Crippen LogP contribution in [0, 0.1) is 0 Å². The average molecular weight is 221 g/mol. The lowest BCUT2D eigenvalue weighted by Crippen LogP contribution is -2.32. The number of anilines is 1. The number of hydrogen-bond acceptors (Lipinski definition) is 4. The molecule has 0 radical (unpaired) electrons. The van der Waals surface area contributed by atoms with Gasteiger partial charge in [0.2, 0.25) is 0 Å². The van der Waals surface area contributed by atoms with Gasteiger partial charge in [0.25, 0.3) is 0 Å². The van der Waals surface area contributed by atoms with Crippen molar-refractivity contribution in [2.75, 3.05) is 18.5 Å². The van der Waals surface area contributed by atoms with Gasteiger partial charge in [-0.3, -0.25) is 0 Å². The summed E-state index contributed by atoms with van der Waals surface area (Å²) in [6, 6.07) is 1.89. The number of hydrogen-bond donors (Lipinski definition) is 1. The van der Waals surface area contributed by atoms with Crippen molar-refractivity contribution < 1.29 is 4.74 Å². The molecular formula is C12H19N3O. The van der Waals surface area contributed by atoms with Gasteiger partial charge in [-0.15, -0.1) is 0 Å². The predicted octanol–water partition coefficient (Wildman–Crippen LogP) is 2.32. The van der Waals surface area contributed by atoms with E-state index in [-0.39, 0.29) is 5.60 Å². The van der Waals surface area contributed by atoms with Crippen LogP contribution in [0.4, 0.5) is 5.82 Å². The maximum Gasteiger partial charge on any atom is 0.162 e. The maximum atomic E-state index is 5.83. The van der Waals surface area contributed by atoms with Crippen molar-refractivity contribution >= 4 is 5.82 Å². The molecule has 1 atom stereocenters. The molecule has 0 bridgehead atoms. The molecule has 88 valence electrons. The summed E-state index contributed by atoms with van der Waals surface area (Å²) in [5.41, 5.74) is -0.302. The minimum Gasteiger partial charge on any atom is -0.370 e. The molecular weight excluding hydrogens is 202 g/mol. The van der Waals surface area contributed by atoms with E-state index >= 15 is 0 Å². The molecule has 0 aromatic carbocycles. The highest BCUT2D eigenvalue weighted by Gasteiger charge is 2.32. The van der Waals surface area contributed by atoms with Gasteiger partial charge < -0.3 is 10.1 Å². The van der Waals surface area contributed by atoms with Crippen LogP contribution in [0.3, 0.4) is 0 Å². The molecule has 1 unspecified atom stereocenters. The zero-order chi connectivity index (χ0) is 11.4. The largest absolute Gasteiger partial charge is 0.370 e. The third-order valence-corrected chi connectivity index (χ3v) is 2.96. The Labute approximate surface area is 96.4 Å². The van der Waals surface area contributed by atoms with Crippen LogP contribution in [0.2, 0.25) is 0 Å². The average Bonchev–Trinajstić information content (AvgIpc) is 2.31. The summed E-state index contributed by atoms with van der Waals surface area (Å²) in [6.07, 6.45) is 5.12. The second-order valence-corrected chi connectivity index (χ2v) is 4.33. The van der Waals surface area contributed by atoms with Crippen LogP contribution in [0.1, 0.15) is 38.9 Å². The van der Waals surface area contributed by atoms with Crippen molar-refractivity contribution in [1.82, 2.24) is 9.97 Å². The number of aromatic nitrogens is 2. The van der Waals surface area contributed by atoms with E-state index in [0.717, 1.165) is 37.6 Å². The summed E-state index contributed by atoms with van der Waals surface area (Å²) in [5.74, 6) is 1.67. The Kier molecular flexibility index (Phi) is 3.39. The van der Waals surface area contributed by atoms with Gasteiger partial charge in [-0.25, -0.2) is 9.97 Å². The lowest BCUT2D eigenvalue weighted by Gasteiger charge is -2.32. The molecule has 0 saturated carbocycles. The molecule has 1 fully saturated rings. The van der Waals surface area contributed by atoms with E-state index in [0.29, 0.717) is 0 Å². The van der Waals surface area contributed by atoms with E-state index < -0.39 is 0 Å². The Morgan fingerprint density at radius 2 is 2.38 bits per heavy atom. The molecule has 1 aliphatic rings. The molecule has 4 heteroatoms. The van der Waals surface area contributed by atoms with Crippen LogP contribution in [0.5, 0.6) is 0 Å².